The van der Waals surface area contributed by atoms with Gasteiger partial charge in [0.25, 0.3) is 5.91 Å². The molecule has 1 aliphatic rings. The largest absolute Gasteiger partial charge is 0.447 e. The van der Waals surface area contributed by atoms with Crippen LogP contribution >= 0.6 is 0 Å². The topological polar surface area (TPSA) is 63.6 Å². The Morgan fingerprint density at radius 2 is 1.83 bits per heavy atom. The summed E-state index contributed by atoms with van der Waals surface area (Å²) in [6.07, 6.45) is -0.384. The number of rotatable bonds is 4. The van der Waals surface area contributed by atoms with Gasteiger partial charge in [-0.1, -0.05) is 24.3 Å². The second kappa shape index (κ2) is 7.22. The van der Waals surface area contributed by atoms with Crippen molar-refractivity contribution in [2.45, 2.75) is 13.5 Å². The summed E-state index contributed by atoms with van der Waals surface area (Å²) in [5, 5.41) is 5.27. The first-order valence-electron chi connectivity index (χ1n) is 10.0. The minimum absolute atomic E-state index is 0.219. The molecule has 5 rings (SSSR count). The number of carbonyl (C=O) groups is 2. The number of aryl methyl sites for hydroxylation is 1. The highest BCUT2D eigenvalue weighted by atomic mass is 16.6. The molecule has 0 saturated carbocycles. The summed E-state index contributed by atoms with van der Waals surface area (Å²) in [5.41, 5.74) is 4.21. The van der Waals surface area contributed by atoms with E-state index in [9.17, 15) is 9.59 Å². The van der Waals surface area contributed by atoms with Crippen molar-refractivity contribution < 1.29 is 14.3 Å². The Morgan fingerprint density at radius 1 is 1.00 bits per heavy atom. The van der Waals surface area contributed by atoms with E-state index in [-0.39, 0.29) is 12.0 Å². The Balaban J connectivity index is 1.46. The van der Waals surface area contributed by atoms with Crippen molar-refractivity contribution in [1.29, 1.82) is 0 Å². The molecular formula is C24H21N3O3. The van der Waals surface area contributed by atoms with Crippen molar-refractivity contribution >= 4 is 45.2 Å². The molecule has 6 heteroatoms. The van der Waals surface area contributed by atoms with Crippen LogP contribution < -0.4 is 10.2 Å². The van der Waals surface area contributed by atoms with Crippen LogP contribution in [-0.2, 0) is 11.3 Å². The number of benzene rings is 3. The number of carbonyl (C=O) groups excluding carboxylic acids is 2. The lowest BCUT2D eigenvalue weighted by Gasteiger charge is -2.14. The van der Waals surface area contributed by atoms with Gasteiger partial charge in [0, 0.05) is 45.3 Å². The standard InChI is InChI=1S/C24H21N3O3/c1-2-26-21-9-4-3-8-19(21)20-15-17(10-11-22(20)26)25-23(28)16-6-5-7-18(14-16)27-12-13-30-24(27)29/h3-11,14-15H,2,12-13H2,1H3,(H,25,28). The monoisotopic (exact) mass is 399 g/mol. The summed E-state index contributed by atoms with van der Waals surface area (Å²) in [7, 11) is 0. The second-order valence-electron chi connectivity index (χ2n) is 7.26. The Morgan fingerprint density at radius 3 is 2.63 bits per heavy atom. The fourth-order valence-electron chi connectivity index (χ4n) is 4.12. The number of fused-ring (bicyclic) bond motifs is 3. The van der Waals surface area contributed by atoms with Crippen LogP contribution in [0.4, 0.5) is 16.2 Å². The smallest absolute Gasteiger partial charge is 0.414 e. The number of hydrogen-bond acceptors (Lipinski definition) is 3. The molecule has 30 heavy (non-hydrogen) atoms. The van der Waals surface area contributed by atoms with Gasteiger partial charge in [-0.05, 0) is 49.4 Å². The minimum atomic E-state index is -0.384. The molecule has 0 bridgehead atoms. The second-order valence-corrected chi connectivity index (χ2v) is 7.26. The van der Waals surface area contributed by atoms with E-state index >= 15 is 0 Å². The van der Waals surface area contributed by atoms with Gasteiger partial charge in [0.15, 0.2) is 0 Å². The Hall–Kier alpha value is -3.80. The van der Waals surface area contributed by atoms with Gasteiger partial charge in [-0.3, -0.25) is 9.69 Å². The van der Waals surface area contributed by atoms with Crippen LogP contribution in [0.2, 0.25) is 0 Å². The third-order valence-electron chi connectivity index (χ3n) is 5.53. The number of ether oxygens (including phenoxy) is 1. The van der Waals surface area contributed by atoms with E-state index in [2.05, 4.69) is 28.9 Å². The normalized spacial score (nSPS) is 13.8. The van der Waals surface area contributed by atoms with E-state index in [1.807, 2.05) is 30.3 Å². The molecule has 2 heterocycles. The molecule has 4 aromatic rings. The molecule has 6 nitrogen and oxygen atoms in total. The van der Waals surface area contributed by atoms with Gasteiger partial charge in [-0.2, -0.15) is 0 Å². The van der Waals surface area contributed by atoms with Crippen molar-refractivity contribution in [3.8, 4) is 0 Å². The third-order valence-corrected chi connectivity index (χ3v) is 5.53. The highest BCUT2D eigenvalue weighted by molar-refractivity contribution is 6.11. The molecule has 0 unspecified atom stereocenters. The van der Waals surface area contributed by atoms with E-state index < -0.39 is 0 Å². The van der Waals surface area contributed by atoms with Crippen LogP contribution in [0.15, 0.2) is 66.7 Å². The molecule has 0 atom stereocenters. The SMILES string of the molecule is CCn1c2ccccc2c2cc(NC(=O)c3cccc(N4CCOC4=O)c3)ccc21. The highest BCUT2D eigenvalue weighted by Gasteiger charge is 2.24. The van der Waals surface area contributed by atoms with E-state index in [1.165, 1.54) is 15.8 Å². The Kier molecular flexibility index (Phi) is 4.39. The highest BCUT2D eigenvalue weighted by Crippen LogP contribution is 2.31. The van der Waals surface area contributed by atoms with Crippen molar-refractivity contribution in [3.63, 3.8) is 0 Å². The van der Waals surface area contributed by atoms with Crippen molar-refractivity contribution in [1.82, 2.24) is 4.57 Å². The van der Waals surface area contributed by atoms with E-state index in [0.717, 1.165) is 23.1 Å². The van der Waals surface area contributed by atoms with Crippen molar-refractivity contribution in [3.05, 3.63) is 72.3 Å². The summed E-state index contributed by atoms with van der Waals surface area (Å²) < 4.78 is 7.26. The van der Waals surface area contributed by atoms with Gasteiger partial charge in [-0.15, -0.1) is 0 Å². The maximum Gasteiger partial charge on any atom is 0.414 e. The number of amides is 2. The van der Waals surface area contributed by atoms with Gasteiger partial charge in [0.1, 0.15) is 6.61 Å². The average molecular weight is 399 g/mol. The quantitative estimate of drug-likeness (QED) is 0.524. The number of anilines is 2. The Bertz CT molecular complexity index is 1290. The third kappa shape index (κ3) is 2.97. The number of aromatic nitrogens is 1. The summed E-state index contributed by atoms with van der Waals surface area (Å²) in [4.78, 5) is 26.2. The fraction of sp³-hybridized carbons (Fsp3) is 0.167. The van der Waals surface area contributed by atoms with Crippen molar-refractivity contribution in [2.24, 2.45) is 0 Å². The zero-order valence-electron chi connectivity index (χ0n) is 16.6. The molecule has 0 radical (unpaired) electrons. The lowest BCUT2D eigenvalue weighted by atomic mass is 10.1. The van der Waals surface area contributed by atoms with Crippen molar-refractivity contribution in [2.75, 3.05) is 23.4 Å². The maximum atomic E-state index is 12.9. The molecule has 150 valence electrons. The summed E-state index contributed by atoms with van der Waals surface area (Å²) >= 11 is 0. The molecule has 3 aromatic carbocycles. The predicted molar refractivity (Wildman–Crippen MR) is 118 cm³/mol. The summed E-state index contributed by atoms with van der Waals surface area (Å²) in [6.45, 7) is 3.86. The molecule has 0 spiro atoms. The van der Waals surface area contributed by atoms with E-state index in [1.54, 1.807) is 24.3 Å². The molecule has 0 aliphatic carbocycles. The van der Waals surface area contributed by atoms with Gasteiger partial charge in [-0.25, -0.2) is 4.79 Å². The molecule has 1 aliphatic heterocycles. The number of nitrogens with zero attached hydrogens (tertiary/aromatic N) is 2. The van der Waals surface area contributed by atoms with E-state index in [0.29, 0.717) is 24.4 Å². The van der Waals surface area contributed by atoms with Crippen LogP contribution in [0.3, 0.4) is 0 Å². The summed E-state index contributed by atoms with van der Waals surface area (Å²) in [6, 6.07) is 21.3. The molecule has 1 N–H and O–H groups in total. The molecule has 2 amide bonds. The molecular weight excluding hydrogens is 378 g/mol. The lowest BCUT2D eigenvalue weighted by Crippen LogP contribution is -2.23. The van der Waals surface area contributed by atoms with Gasteiger partial charge in [0.2, 0.25) is 0 Å². The van der Waals surface area contributed by atoms with Gasteiger partial charge >= 0.3 is 6.09 Å². The van der Waals surface area contributed by atoms with Gasteiger partial charge < -0.3 is 14.6 Å². The number of para-hydroxylation sites is 1. The fourth-order valence-corrected chi connectivity index (χ4v) is 4.12. The number of cyclic esters (lactones) is 1. The van der Waals surface area contributed by atoms with Crippen LogP contribution in [0.5, 0.6) is 0 Å². The van der Waals surface area contributed by atoms with Gasteiger partial charge in [0.05, 0.1) is 6.54 Å². The zero-order chi connectivity index (χ0) is 20.7. The van der Waals surface area contributed by atoms with Crippen LogP contribution in [0.1, 0.15) is 17.3 Å². The first-order chi connectivity index (χ1) is 14.7. The minimum Gasteiger partial charge on any atom is -0.447 e. The first-order valence-corrected chi connectivity index (χ1v) is 10.0. The zero-order valence-corrected chi connectivity index (χ0v) is 16.6. The lowest BCUT2D eigenvalue weighted by molar-refractivity contribution is 0.102. The molecule has 1 aromatic heterocycles. The van der Waals surface area contributed by atoms with E-state index in [4.69, 9.17) is 4.74 Å². The maximum absolute atomic E-state index is 12.9. The number of hydrogen-bond donors (Lipinski definition) is 1. The molecule has 1 saturated heterocycles. The van der Waals surface area contributed by atoms with Crippen LogP contribution in [0.25, 0.3) is 21.8 Å². The number of nitrogens with one attached hydrogen (secondary N) is 1. The Labute approximate surface area is 173 Å². The van der Waals surface area contributed by atoms with Crippen LogP contribution in [-0.4, -0.2) is 29.7 Å². The molecule has 1 fully saturated rings. The van der Waals surface area contributed by atoms with Crippen LogP contribution in [0, 0.1) is 0 Å². The average Bonchev–Trinajstić information content (AvgIpc) is 3.34. The predicted octanol–water partition coefficient (Wildman–Crippen LogP) is 5.02. The first kappa shape index (κ1) is 18.2. The summed E-state index contributed by atoms with van der Waals surface area (Å²) in [5.74, 6) is -0.219.